The fourth-order valence-electron chi connectivity index (χ4n) is 3.00. The predicted octanol–water partition coefficient (Wildman–Crippen LogP) is 3.70. The number of rotatable bonds is 9. The summed E-state index contributed by atoms with van der Waals surface area (Å²) in [7, 11) is 0. The summed E-state index contributed by atoms with van der Waals surface area (Å²) in [6, 6.07) is 5.03. The molecule has 3 N–H and O–H groups in total. The van der Waals surface area contributed by atoms with Gasteiger partial charge in [0.15, 0.2) is 5.82 Å². The summed E-state index contributed by atoms with van der Waals surface area (Å²) in [5.41, 5.74) is -1.19. The summed E-state index contributed by atoms with van der Waals surface area (Å²) in [5.74, 6) is -2.63. The van der Waals surface area contributed by atoms with Gasteiger partial charge in [0.2, 0.25) is 5.91 Å². The molecule has 3 rings (SSSR count). The molecule has 0 aliphatic rings. The number of hydrogen-bond acceptors (Lipinski definition) is 6. The van der Waals surface area contributed by atoms with E-state index in [1.165, 1.54) is 19.1 Å². The molecule has 0 unspecified atom stereocenters. The maximum Gasteiger partial charge on any atom is 0.417 e. The molecule has 0 aliphatic carbocycles. The van der Waals surface area contributed by atoms with Crippen LogP contribution in [0.4, 0.5) is 27.8 Å². The number of nitrogens with one attached hydrogen (secondary N) is 3. The standard InChI is InChI=1S/C23H21F5N6O2/c1-13(35)30-5-2-6-31-22(36)19-9-20(32-11-14-3-4-17(24)8-18(14)25)34-21(33-19)15-7-16(12-29-10-15)23(26,27)28/h3-4,7-10,12H,2,5-6,11H2,1H3,(H,30,35)(H,31,36)(H,32,33,34). The average molecular weight is 508 g/mol. The molecule has 0 bridgehead atoms. The largest absolute Gasteiger partial charge is 0.417 e. The van der Waals surface area contributed by atoms with Gasteiger partial charge in [-0.2, -0.15) is 13.2 Å². The van der Waals surface area contributed by atoms with E-state index in [4.69, 9.17) is 0 Å². The quantitative estimate of drug-likeness (QED) is 0.301. The molecule has 13 heteroatoms. The van der Waals surface area contributed by atoms with Crippen molar-refractivity contribution in [2.75, 3.05) is 18.4 Å². The number of aromatic nitrogens is 3. The normalized spacial score (nSPS) is 11.2. The monoisotopic (exact) mass is 508 g/mol. The van der Waals surface area contributed by atoms with Crippen LogP contribution in [0.15, 0.2) is 42.7 Å². The Hall–Kier alpha value is -4.16. The fourth-order valence-corrected chi connectivity index (χ4v) is 3.00. The summed E-state index contributed by atoms with van der Waals surface area (Å²) in [6.07, 6.45) is -2.47. The molecule has 0 fully saturated rings. The maximum atomic E-state index is 14.0. The number of carbonyl (C=O) groups excluding carboxylic acids is 2. The van der Waals surface area contributed by atoms with E-state index in [0.29, 0.717) is 25.2 Å². The van der Waals surface area contributed by atoms with Crippen molar-refractivity contribution in [2.45, 2.75) is 26.1 Å². The Labute approximate surface area is 202 Å². The predicted molar refractivity (Wildman–Crippen MR) is 120 cm³/mol. The van der Waals surface area contributed by atoms with Gasteiger partial charge < -0.3 is 16.0 Å². The second-order valence-corrected chi connectivity index (χ2v) is 7.60. The zero-order chi connectivity index (χ0) is 26.3. The Morgan fingerprint density at radius 3 is 2.42 bits per heavy atom. The van der Waals surface area contributed by atoms with Gasteiger partial charge in [-0.25, -0.2) is 18.7 Å². The maximum absolute atomic E-state index is 14.0. The van der Waals surface area contributed by atoms with Crippen molar-refractivity contribution in [3.05, 3.63) is 71.2 Å². The lowest BCUT2D eigenvalue weighted by molar-refractivity contribution is -0.137. The number of nitrogens with zero attached hydrogens (tertiary/aromatic N) is 3. The van der Waals surface area contributed by atoms with E-state index in [-0.39, 0.29) is 47.5 Å². The molecule has 0 saturated heterocycles. The summed E-state index contributed by atoms with van der Waals surface area (Å²) in [6.45, 7) is 1.72. The third kappa shape index (κ3) is 7.42. The lowest BCUT2D eigenvalue weighted by Gasteiger charge is -2.12. The van der Waals surface area contributed by atoms with E-state index in [9.17, 15) is 31.5 Å². The number of anilines is 1. The highest BCUT2D eigenvalue weighted by atomic mass is 19.4. The average Bonchev–Trinajstić information content (AvgIpc) is 2.82. The van der Waals surface area contributed by atoms with E-state index < -0.39 is 29.3 Å². The molecular formula is C23H21F5N6O2. The first-order valence-electron chi connectivity index (χ1n) is 10.6. The van der Waals surface area contributed by atoms with E-state index in [1.54, 1.807) is 0 Å². The van der Waals surface area contributed by atoms with Crippen LogP contribution in [-0.2, 0) is 17.5 Å². The first-order chi connectivity index (χ1) is 17.0. The van der Waals surface area contributed by atoms with E-state index in [1.807, 2.05) is 0 Å². The van der Waals surface area contributed by atoms with Gasteiger partial charge in [-0.3, -0.25) is 14.6 Å². The molecule has 0 radical (unpaired) electrons. The third-order valence-electron chi connectivity index (χ3n) is 4.77. The summed E-state index contributed by atoms with van der Waals surface area (Å²) in [4.78, 5) is 35.4. The highest BCUT2D eigenvalue weighted by Crippen LogP contribution is 2.31. The number of carbonyl (C=O) groups is 2. The van der Waals surface area contributed by atoms with E-state index in [0.717, 1.165) is 18.3 Å². The highest BCUT2D eigenvalue weighted by Gasteiger charge is 2.31. The Balaban J connectivity index is 1.87. The van der Waals surface area contributed by atoms with Gasteiger partial charge in [-0.1, -0.05) is 6.07 Å². The Morgan fingerprint density at radius 2 is 1.72 bits per heavy atom. The van der Waals surface area contributed by atoms with Crippen molar-refractivity contribution in [1.82, 2.24) is 25.6 Å². The Morgan fingerprint density at radius 1 is 0.972 bits per heavy atom. The van der Waals surface area contributed by atoms with Crippen molar-refractivity contribution < 1.29 is 31.5 Å². The van der Waals surface area contributed by atoms with Crippen LogP contribution < -0.4 is 16.0 Å². The summed E-state index contributed by atoms with van der Waals surface area (Å²) < 4.78 is 66.6. The fraction of sp³-hybridized carbons (Fsp3) is 0.261. The Kier molecular flexibility index (Phi) is 8.46. The van der Waals surface area contributed by atoms with Crippen LogP contribution >= 0.6 is 0 Å². The minimum absolute atomic E-state index is 0.0181. The van der Waals surface area contributed by atoms with Gasteiger partial charge in [0.25, 0.3) is 5.91 Å². The van der Waals surface area contributed by atoms with Gasteiger partial charge in [-0.15, -0.1) is 0 Å². The smallest absolute Gasteiger partial charge is 0.366 e. The van der Waals surface area contributed by atoms with Gasteiger partial charge in [0.1, 0.15) is 23.1 Å². The van der Waals surface area contributed by atoms with Crippen LogP contribution in [0.3, 0.4) is 0 Å². The molecule has 0 aliphatic heterocycles. The number of hydrogen-bond donors (Lipinski definition) is 3. The SMILES string of the molecule is CC(=O)NCCCNC(=O)c1cc(NCc2ccc(F)cc2F)nc(-c2cncc(C(F)(F)F)c2)n1. The molecule has 0 atom stereocenters. The zero-order valence-electron chi connectivity index (χ0n) is 18.9. The van der Waals surface area contributed by atoms with Crippen molar-refractivity contribution >= 4 is 17.6 Å². The summed E-state index contributed by atoms with van der Waals surface area (Å²) in [5, 5.41) is 7.95. The van der Waals surface area contributed by atoms with Crippen LogP contribution in [0, 0.1) is 11.6 Å². The van der Waals surface area contributed by atoms with Gasteiger partial charge in [0.05, 0.1) is 5.56 Å². The van der Waals surface area contributed by atoms with Crippen LogP contribution in [0.2, 0.25) is 0 Å². The van der Waals surface area contributed by atoms with Crippen molar-refractivity contribution in [3.63, 3.8) is 0 Å². The Bertz CT molecular complexity index is 1250. The molecular weight excluding hydrogens is 487 g/mol. The van der Waals surface area contributed by atoms with Crippen molar-refractivity contribution in [2.24, 2.45) is 0 Å². The molecule has 2 heterocycles. The van der Waals surface area contributed by atoms with E-state index >= 15 is 0 Å². The van der Waals surface area contributed by atoms with Crippen LogP contribution in [0.25, 0.3) is 11.4 Å². The first kappa shape index (κ1) is 26.4. The number of halogens is 5. The number of pyridine rings is 1. The van der Waals surface area contributed by atoms with Crippen molar-refractivity contribution in [1.29, 1.82) is 0 Å². The molecule has 1 aromatic carbocycles. The molecule has 0 spiro atoms. The molecule has 0 saturated carbocycles. The molecule has 3 aromatic rings. The number of alkyl halides is 3. The molecule has 2 aromatic heterocycles. The number of benzene rings is 1. The lowest BCUT2D eigenvalue weighted by Crippen LogP contribution is -2.29. The molecule has 2 amide bonds. The third-order valence-corrected chi connectivity index (χ3v) is 4.77. The lowest BCUT2D eigenvalue weighted by atomic mass is 10.2. The zero-order valence-corrected chi connectivity index (χ0v) is 18.9. The highest BCUT2D eigenvalue weighted by molar-refractivity contribution is 5.93. The van der Waals surface area contributed by atoms with Crippen LogP contribution in [0.5, 0.6) is 0 Å². The number of amides is 2. The molecule has 190 valence electrons. The van der Waals surface area contributed by atoms with Gasteiger partial charge >= 0.3 is 6.18 Å². The molecule has 8 nitrogen and oxygen atoms in total. The van der Waals surface area contributed by atoms with Crippen LogP contribution in [0.1, 0.15) is 35.0 Å². The van der Waals surface area contributed by atoms with E-state index in [2.05, 4.69) is 30.9 Å². The second kappa shape index (κ2) is 11.5. The minimum Gasteiger partial charge on any atom is -0.366 e. The second-order valence-electron chi connectivity index (χ2n) is 7.60. The first-order valence-corrected chi connectivity index (χ1v) is 10.6. The van der Waals surface area contributed by atoms with Gasteiger partial charge in [0, 0.05) is 62.2 Å². The van der Waals surface area contributed by atoms with Crippen molar-refractivity contribution in [3.8, 4) is 11.4 Å². The van der Waals surface area contributed by atoms with Crippen LogP contribution in [-0.4, -0.2) is 39.9 Å². The topological polar surface area (TPSA) is 109 Å². The summed E-state index contributed by atoms with van der Waals surface area (Å²) >= 11 is 0. The minimum atomic E-state index is -4.66. The molecule has 36 heavy (non-hydrogen) atoms. The van der Waals surface area contributed by atoms with Gasteiger partial charge in [-0.05, 0) is 18.6 Å².